The summed E-state index contributed by atoms with van der Waals surface area (Å²) in [6.07, 6.45) is 6.38. The van der Waals surface area contributed by atoms with Crippen LogP contribution in [0.5, 0.6) is 0 Å². The lowest BCUT2D eigenvalue weighted by Gasteiger charge is -2.35. The molecule has 0 saturated heterocycles. The van der Waals surface area contributed by atoms with Gasteiger partial charge in [0, 0.05) is 18.0 Å². The summed E-state index contributed by atoms with van der Waals surface area (Å²) in [5.41, 5.74) is 0.796. The minimum atomic E-state index is -3.38. The molecule has 0 N–H and O–H groups in total. The zero-order valence-corrected chi connectivity index (χ0v) is 13.5. The van der Waals surface area contributed by atoms with Gasteiger partial charge in [-0.2, -0.15) is 0 Å². The summed E-state index contributed by atoms with van der Waals surface area (Å²) in [5, 5.41) is -1.00. The number of sulfone groups is 1. The quantitative estimate of drug-likeness (QED) is 0.859. The van der Waals surface area contributed by atoms with E-state index >= 15 is 0 Å². The van der Waals surface area contributed by atoms with Crippen molar-refractivity contribution in [3.05, 3.63) is 30.3 Å². The van der Waals surface area contributed by atoms with Crippen LogP contribution in [0, 0.1) is 0 Å². The van der Waals surface area contributed by atoms with Gasteiger partial charge >= 0.3 is 0 Å². The van der Waals surface area contributed by atoms with Gasteiger partial charge in [-0.05, 0) is 31.9 Å². The highest BCUT2D eigenvalue weighted by Gasteiger charge is 2.33. The number of hydrogen-bond acceptors (Lipinski definition) is 3. The fraction of sp³-hybridized carbons (Fsp3) is 0.562. The number of benzene rings is 1. The van der Waals surface area contributed by atoms with E-state index in [1.54, 1.807) is 4.90 Å². The Hall–Kier alpha value is -1.36. The van der Waals surface area contributed by atoms with E-state index in [0.29, 0.717) is 0 Å². The molecule has 1 fully saturated rings. The first kappa shape index (κ1) is 16.0. The van der Waals surface area contributed by atoms with Gasteiger partial charge < -0.3 is 4.90 Å². The third kappa shape index (κ3) is 3.84. The Balaban J connectivity index is 2.34. The molecular formula is C16H23NO3S. The largest absolute Gasteiger partial charge is 0.308 e. The van der Waals surface area contributed by atoms with Crippen molar-refractivity contribution < 1.29 is 13.2 Å². The summed E-state index contributed by atoms with van der Waals surface area (Å²) in [6, 6.07) is 9.52. The Labute approximate surface area is 127 Å². The molecule has 1 atom stereocenters. The Bertz CT molecular complexity index is 577. The van der Waals surface area contributed by atoms with Crippen molar-refractivity contribution >= 4 is 21.4 Å². The third-order valence-corrected chi connectivity index (χ3v) is 5.69. The number of anilines is 1. The summed E-state index contributed by atoms with van der Waals surface area (Å²) < 4.78 is 23.5. The predicted molar refractivity (Wildman–Crippen MR) is 85.1 cm³/mol. The minimum absolute atomic E-state index is 0.109. The fourth-order valence-electron chi connectivity index (χ4n) is 2.82. The topological polar surface area (TPSA) is 54.5 Å². The van der Waals surface area contributed by atoms with Gasteiger partial charge in [-0.1, -0.05) is 37.5 Å². The molecule has 4 nitrogen and oxygen atoms in total. The molecule has 1 aliphatic carbocycles. The van der Waals surface area contributed by atoms with Crippen LogP contribution in [0.25, 0.3) is 0 Å². The normalized spacial score (nSPS) is 18.2. The molecule has 0 aromatic heterocycles. The highest BCUT2D eigenvalue weighted by molar-refractivity contribution is 7.92. The molecule has 0 bridgehead atoms. The molecule has 0 radical (unpaired) electrons. The van der Waals surface area contributed by atoms with E-state index < -0.39 is 15.1 Å². The number of hydrogen-bond donors (Lipinski definition) is 0. The molecule has 5 heteroatoms. The second kappa shape index (κ2) is 6.60. The van der Waals surface area contributed by atoms with Crippen LogP contribution in [0.3, 0.4) is 0 Å². The minimum Gasteiger partial charge on any atom is -0.308 e. The average molecular weight is 309 g/mol. The first-order valence-corrected chi connectivity index (χ1v) is 9.43. The molecule has 1 aliphatic rings. The number of carbonyl (C=O) groups excluding carboxylic acids is 1. The lowest BCUT2D eigenvalue weighted by Crippen LogP contribution is -2.48. The highest BCUT2D eigenvalue weighted by Crippen LogP contribution is 2.28. The zero-order chi connectivity index (χ0) is 15.5. The second-order valence-corrected chi connectivity index (χ2v) is 8.17. The maximum atomic E-state index is 12.7. The lowest BCUT2D eigenvalue weighted by molar-refractivity contribution is -0.118. The molecule has 0 heterocycles. The molecule has 0 aliphatic heterocycles. The van der Waals surface area contributed by atoms with E-state index in [1.807, 2.05) is 30.3 Å². The van der Waals surface area contributed by atoms with E-state index in [4.69, 9.17) is 0 Å². The molecular weight excluding hydrogens is 286 g/mol. The standard InChI is InChI=1S/C16H23NO3S/c1-13(21(2,19)20)16(18)17(14-9-5-3-6-10-14)15-11-7-4-8-12-15/h3,5-6,9-10,13,15H,4,7-8,11-12H2,1-2H3/t13-/m1/s1. The van der Waals surface area contributed by atoms with Gasteiger partial charge in [0.2, 0.25) is 5.91 Å². The Morgan fingerprint density at radius 1 is 1.14 bits per heavy atom. The Morgan fingerprint density at radius 2 is 1.71 bits per heavy atom. The van der Waals surface area contributed by atoms with Gasteiger partial charge in [-0.25, -0.2) is 8.42 Å². The van der Waals surface area contributed by atoms with Crippen LogP contribution in [-0.2, 0) is 14.6 Å². The summed E-state index contributed by atoms with van der Waals surface area (Å²) in [4.78, 5) is 14.4. The number of rotatable bonds is 4. The van der Waals surface area contributed by atoms with Crippen LogP contribution >= 0.6 is 0 Å². The van der Waals surface area contributed by atoms with Crippen LogP contribution in [-0.4, -0.2) is 31.9 Å². The van der Waals surface area contributed by atoms with Crippen LogP contribution in [0.1, 0.15) is 39.0 Å². The SMILES string of the molecule is C[C@H](C(=O)N(c1ccccc1)C1CCCCC1)S(C)(=O)=O. The van der Waals surface area contributed by atoms with Crippen molar-refractivity contribution in [3.8, 4) is 0 Å². The van der Waals surface area contributed by atoms with Gasteiger partial charge in [-0.3, -0.25) is 4.79 Å². The summed E-state index contributed by atoms with van der Waals surface area (Å²) in [6.45, 7) is 1.48. The molecule has 116 valence electrons. The first-order chi connectivity index (χ1) is 9.91. The van der Waals surface area contributed by atoms with Gasteiger partial charge in [0.15, 0.2) is 9.84 Å². The smallest absolute Gasteiger partial charge is 0.245 e. The summed E-state index contributed by atoms with van der Waals surface area (Å²) in [7, 11) is -3.38. The number of amides is 1. The lowest BCUT2D eigenvalue weighted by atomic mass is 9.93. The van der Waals surface area contributed by atoms with Crippen molar-refractivity contribution in [3.63, 3.8) is 0 Å². The van der Waals surface area contributed by atoms with Gasteiger partial charge in [-0.15, -0.1) is 0 Å². The summed E-state index contributed by atoms with van der Waals surface area (Å²) >= 11 is 0. The van der Waals surface area contributed by atoms with Crippen molar-refractivity contribution in [2.75, 3.05) is 11.2 Å². The number of carbonyl (C=O) groups is 1. The number of nitrogens with zero attached hydrogens (tertiary/aromatic N) is 1. The summed E-state index contributed by atoms with van der Waals surface area (Å²) in [5.74, 6) is -0.310. The molecule has 2 rings (SSSR count). The Kier molecular flexibility index (Phi) is 5.04. The maximum Gasteiger partial charge on any atom is 0.245 e. The van der Waals surface area contributed by atoms with E-state index in [2.05, 4.69) is 0 Å². The maximum absolute atomic E-state index is 12.7. The Morgan fingerprint density at radius 3 is 2.24 bits per heavy atom. The van der Waals surface area contributed by atoms with Gasteiger partial charge in [0.25, 0.3) is 0 Å². The van der Waals surface area contributed by atoms with Crippen LogP contribution in [0.2, 0.25) is 0 Å². The van der Waals surface area contributed by atoms with Crippen molar-refractivity contribution in [2.45, 2.75) is 50.3 Å². The predicted octanol–water partition coefficient (Wildman–Crippen LogP) is 2.79. The van der Waals surface area contributed by atoms with Crippen molar-refractivity contribution in [1.82, 2.24) is 0 Å². The molecule has 1 aromatic carbocycles. The molecule has 0 unspecified atom stereocenters. The second-order valence-electron chi connectivity index (χ2n) is 5.81. The van der Waals surface area contributed by atoms with Crippen molar-refractivity contribution in [2.24, 2.45) is 0 Å². The fourth-order valence-corrected chi connectivity index (χ4v) is 3.30. The molecule has 0 spiro atoms. The monoisotopic (exact) mass is 309 g/mol. The van der Waals surface area contributed by atoms with Gasteiger partial charge in [0.05, 0.1) is 0 Å². The molecule has 1 amide bonds. The van der Waals surface area contributed by atoms with E-state index in [0.717, 1.165) is 37.6 Å². The third-order valence-electron chi connectivity index (χ3n) is 4.20. The zero-order valence-electron chi connectivity index (χ0n) is 12.7. The molecule has 1 aromatic rings. The number of para-hydroxylation sites is 1. The van der Waals surface area contributed by atoms with Gasteiger partial charge in [0.1, 0.15) is 5.25 Å². The van der Waals surface area contributed by atoms with E-state index in [-0.39, 0.29) is 11.9 Å². The highest BCUT2D eigenvalue weighted by atomic mass is 32.2. The first-order valence-electron chi connectivity index (χ1n) is 7.48. The molecule has 1 saturated carbocycles. The van der Waals surface area contributed by atoms with Crippen molar-refractivity contribution in [1.29, 1.82) is 0 Å². The van der Waals surface area contributed by atoms with Crippen LogP contribution in [0.4, 0.5) is 5.69 Å². The van der Waals surface area contributed by atoms with Crippen LogP contribution in [0.15, 0.2) is 30.3 Å². The molecule has 21 heavy (non-hydrogen) atoms. The average Bonchev–Trinajstić information content (AvgIpc) is 2.48. The van der Waals surface area contributed by atoms with Crippen LogP contribution < -0.4 is 4.90 Å². The van der Waals surface area contributed by atoms with E-state index in [9.17, 15) is 13.2 Å². The van der Waals surface area contributed by atoms with E-state index in [1.165, 1.54) is 13.3 Å².